The average molecular weight is 389 g/mol. The van der Waals surface area contributed by atoms with Gasteiger partial charge in [-0.15, -0.1) is 11.3 Å². The monoisotopic (exact) mass is 388 g/mol. The molecule has 0 aliphatic rings. The van der Waals surface area contributed by atoms with Crippen LogP contribution in [0.15, 0.2) is 46.0 Å². The van der Waals surface area contributed by atoms with Crippen LogP contribution < -0.4 is 4.72 Å². The predicted molar refractivity (Wildman–Crippen MR) is 95.9 cm³/mol. The van der Waals surface area contributed by atoms with Crippen molar-refractivity contribution in [2.24, 2.45) is 0 Å². The van der Waals surface area contributed by atoms with Crippen molar-refractivity contribution in [1.29, 1.82) is 0 Å². The topological polar surface area (TPSA) is 83.6 Å². The molecule has 1 N–H and O–H groups in total. The largest absolute Gasteiger partial charge is 0.250 e. The van der Waals surface area contributed by atoms with Gasteiger partial charge in [0.05, 0.1) is 6.26 Å². The van der Waals surface area contributed by atoms with Gasteiger partial charge in [-0.25, -0.2) is 21.6 Å². The number of nitrogens with one attached hydrogen (secondary N) is 1. The Morgan fingerprint density at radius 2 is 1.88 bits per heavy atom. The van der Waals surface area contributed by atoms with Gasteiger partial charge in [0, 0.05) is 19.6 Å². The fraction of sp³-hybridized carbons (Fsp3) is 0.333. The van der Waals surface area contributed by atoms with Crippen molar-refractivity contribution in [3.05, 3.63) is 52.9 Å². The van der Waals surface area contributed by atoms with Crippen molar-refractivity contribution in [3.8, 4) is 0 Å². The Balaban J connectivity index is 2.03. The van der Waals surface area contributed by atoms with Crippen LogP contribution in [0.2, 0.25) is 0 Å². The van der Waals surface area contributed by atoms with E-state index in [2.05, 4.69) is 4.72 Å². The molecular weight excluding hydrogens is 368 g/mol. The smallest absolute Gasteiger partial charge is 0.212 e. The van der Waals surface area contributed by atoms with Crippen LogP contribution >= 0.6 is 11.3 Å². The highest BCUT2D eigenvalue weighted by molar-refractivity contribution is 7.91. The average Bonchev–Trinajstić information content (AvgIpc) is 3.00. The molecule has 1 aromatic carbocycles. The van der Waals surface area contributed by atoms with Gasteiger partial charge >= 0.3 is 0 Å². The zero-order valence-electron chi connectivity index (χ0n) is 13.5. The molecule has 0 unspecified atom stereocenters. The summed E-state index contributed by atoms with van der Waals surface area (Å²) in [5.41, 5.74) is 1.90. The number of thiophene rings is 1. The van der Waals surface area contributed by atoms with E-state index in [1.807, 2.05) is 31.2 Å². The molecule has 9 heteroatoms. The summed E-state index contributed by atoms with van der Waals surface area (Å²) in [4.78, 5) is 0. The first-order chi connectivity index (χ1) is 11.2. The molecule has 132 valence electrons. The maximum absolute atomic E-state index is 12.1. The fourth-order valence-corrected chi connectivity index (χ4v) is 5.03. The molecule has 0 aliphatic carbocycles. The van der Waals surface area contributed by atoms with Gasteiger partial charge in [-0.05, 0) is 23.9 Å². The summed E-state index contributed by atoms with van der Waals surface area (Å²) in [6.07, 6.45) is 1.12. The molecule has 0 amide bonds. The maximum atomic E-state index is 12.1. The number of hydrogen-bond donors (Lipinski definition) is 1. The van der Waals surface area contributed by atoms with Gasteiger partial charge in [0.1, 0.15) is 4.21 Å². The third-order valence-electron chi connectivity index (χ3n) is 3.32. The summed E-state index contributed by atoms with van der Waals surface area (Å²) in [5, 5.41) is 1.68. The van der Waals surface area contributed by atoms with Gasteiger partial charge in [0.15, 0.2) is 0 Å². The quantitative estimate of drug-likeness (QED) is 0.747. The highest BCUT2D eigenvalue weighted by atomic mass is 32.2. The van der Waals surface area contributed by atoms with Crippen LogP contribution in [0.25, 0.3) is 0 Å². The van der Waals surface area contributed by atoms with Crippen LogP contribution in [-0.4, -0.2) is 40.5 Å². The zero-order valence-corrected chi connectivity index (χ0v) is 15.9. The zero-order chi connectivity index (χ0) is 17.8. The first-order valence-corrected chi connectivity index (χ1v) is 11.4. The van der Waals surface area contributed by atoms with Crippen LogP contribution in [-0.2, 0) is 26.6 Å². The van der Waals surface area contributed by atoms with E-state index in [-0.39, 0.29) is 23.8 Å². The molecule has 0 aliphatic heterocycles. The molecular formula is C15H20N2O4S3. The minimum Gasteiger partial charge on any atom is -0.212 e. The Labute approximate surface area is 147 Å². The molecule has 0 saturated carbocycles. The summed E-state index contributed by atoms with van der Waals surface area (Å²) in [5.74, 6) is 0. The molecule has 24 heavy (non-hydrogen) atoms. The normalized spacial score (nSPS) is 12.6. The molecule has 0 radical (unpaired) electrons. The Morgan fingerprint density at radius 3 is 2.46 bits per heavy atom. The van der Waals surface area contributed by atoms with Crippen molar-refractivity contribution >= 4 is 31.4 Å². The van der Waals surface area contributed by atoms with E-state index in [4.69, 9.17) is 0 Å². The second-order valence-corrected chi connectivity index (χ2v) is 10.3. The number of benzene rings is 1. The molecule has 2 rings (SSSR count). The van der Waals surface area contributed by atoms with Crippen LogP contribution in [0.4, 0.5) is 0 Å². The van der Waals surface area contributed by atoms with Crippen molar-refractivity contribution in [2.45, 2.75) is 17.7 Å². The van der Waals surface area contributed by atoms with Crippen molar-refractivity contribution in [2.75, 3.05) is 19.3 Å². The van der Waals surface area contributed by atoms with E-state index in [0.29, 0.717) is 0 Å². The first-order valence-electron chi connectivity index (χ1n) is 7.22. The number of rotatable bonds is 8. The van der Waals surface area contributed by atoms with E-state index in [0.717, 1.165) is 28.7 Å². The molecule has 0 spiro atoms. The van der Waals surface area contributed by atoms with Gasteiger partial charge < -0.3 is 0 Å². The van der Waals surface area contributed by atoms with Crippen LogP contribution in [0, 0.1) is 6.92 Å². The fourth-order valence-electron chi connectivity index (χ4n) is 2.17. The summed E-state index contributed by atoms with van der Waals surface area (Å²) >= 11 is 1.12. The first kappa shape index (κ1) is 19.1. The third-order valence-corrected chi connectivity index (χ3v) is 7.43. The highest BCUT2D eigenvalue weighted by Crippen LogP contribution is 2.15. The lowest BCUT2D eigenvalue weighted by molar-refractivity contribution is 0.412. The predicted octanol–water partition coefficient (Wildman–Crippen LogP) is 1.80. The van der Waals surface area contributed by atoms with Crippen molar-refractivity contribution < 1.29 is 16.8 Å². The molecule has 2 aromatic rings. The van der Waals surface area contributed by atoms with Crippen LogP contribution in [0.1, 0.15) is 11.1 Å². The van der Waals surface area contributed by atoms with Crippen LogP contribution in [0.5, 0.6) is 0 Å². The molecule has 0 atom stereocenters. The van der Waals surface area contributed by atoms with Gasteiger partial charge in [-0.1, -0.05) is 35.9 Å². The maximum Gasteiger partial charge on any atom is 0.250 e. The lowest BCUT2D eigenvalue weighted by Crippen LogP contribution is -2.37. The Hall–Kier alpha value is -1.26. The molecule has 1 aromatic heterocycles. The number of nitrogens with zero attached hydrogens (tertiary/aromatic N) is 1. The van der Waals surface area contributed by atoms with E-state index in [1.165, 1.54) is 10.4 Å². The number of sulfonamides is 2. The standard InChI is InChI=1S/C15H20N2O4S3/c1-13-5-3-6-14(11-13)12-17(23(2,18)19)9-8-16-24(20,21)15-7-4-10-22-15/h3-7,10-11,16H,8-9,12H2,1-2H3. The third kappa shape index (κ3) is 5.38. The molecule has 0 bridgehead atoms. The lowest BCUT2D eigenvalue weighted by Gasteiger charge is -2.20. The van der Waals surface area contributed by atoms with Crippen molar-refractivity contribution in [1.82, 2.24) is 9.03 Å². The lowest BCUT2D eigenvalue weighted by atomic mass is 10.1. The molecule has 6 nitrogen and oxygen atoms in total. The summed E-state index contributed by atoms with van der Waals surface area (Å²) < 4.78 is 51.9. The minimum absolute atomic E-state index is 0.0130. The molecule has 0 saturated heterocycles. The summed E-state index contributed by atoms with van der Waals surface area (Å²) in [6, 6.07) is 10.7. The SMILES string of the molecule is Cc1cccc(CN(CCNS(=O)(=O)c2cccs2)S(C)(=O)=O)c1. The van der Waals surface area contributed by atoms with E-state index >= 15 is 0 Å². The second kappa shape index (κ2) is 7.75. The Kier molecular flexibility index (Phi) is 6.16. The summed E-state index contributed by atoms with van der Waals surface area (Å²) in [6.45, 7) is 2.22. The Bertz CT molecular complexity index is 875. The van der Waals surface area contributed by atoms with Crippen LogP contribution in [0.3, 0.4) is 0 Å². The minimum atomic E-state index is -3.59. The van der Waals surface area contributed by atoms with Crippen molar-refractivity contribution in [3.63, 3.8) is 0 Å². The number of hydrogen-bond acceptors (Lipinski definition) is 5. The van der Waals surface area contributed by atoms with Gasteiger partial charge in [0.25, 0.3) is 0 Å². The second-order valence-electron chi connectivity index (χ2n) is 5.42. The van der Waals surface area contributed by atoms with Gasteiger partial charge in [0.2, 0.25) is 20.0 Å². The Morgan fingerprint density at radius 1 is 1.12 bits per heavy atom. The summed E-state index contributed by atoms with van der Waals surface area (Å²) in [7, 11) is -7.04. The molecule has 0 fully saturated rings. The number of aryl methyl sites for hydroxylation is 1. The molecule has 1 heterocycles. The van der Waals surface area contributed by atoms with E-state index < -0.39 is 20.0 Å². The van der Waals surface area contributed by atoms with E-state index in [1.54, 1.807) is 11.4 Å². The van der Waals surface area contributed by atoms with Gasteiger partial charge in [-0.2, -0.15) is 4.31 Å². The van der Waals surface area contributed by atoms with E-state index in [9.17, 15) is 16.8 Å². The van der Waals surface area contributed by atoms with Gasteiger partial charge in [-0.3, -0.25) is 0 Å². The highest BCUT2D eigenvalue weighted by Gasteiger charge is 2.19.